The number of hydrogen-bond acceptors (Lipinski definition) is 4. The fourth-order valence-electron chi connectivity index (χ4n) is 2.87. The molecule has 2 rings (SSSR count). The molecule has 1 saturated heterocycles. The zero-order valence-corrected chi connectivity index (χ0v) is 15.7. The van der Waals surface area contributed by atoms with Gasteiger partial charge in [-0.15, -0.1) is 6.58 Å². The smallest absolute Gasteiger partial charge is 0.251 e. The van der Waals surface area contributed by atoms with Gasteiger partial charge in [-0.3, -0.25) is 4.79 Å². The van der Waals surface area contributed by atoms with Crippen LogP contribution in [0.4, 0.5) is 0 Å². The van der Waals surface area contributed by atoms with E-state index in [1.165, 1.54) is 18.2 Å². The first-order valence-electron chi connectivity index (χ1n) is 8.59. The highest BCUT2D eigenvalue weighted by atomic mass is 32.2. The molecule has 1 heterocycles. The highest BCUT2D eigenvalue weighted by molar-refractivity contribution is 7.89. The molecule has 1 aliphatic rings. The summed E-state index contributed by atoms with van der Waals surface area (Å²) in [6.45, 7) is 9.97. The average Bonchev–Trinajstić information content (AvgIpc) is 2.60. The van der Waals surface area contributed by atoms with Crippen LogP contribution in [-0.4, -0.2) is 50.9 Å². The maximum absolute atomic E-state index is 12.4. The van der Waals surface area contributed by atoms with Crippen molar-refractivity contribution >= 4 is 15.9 Å². The van der Waals surface area contributed by atoms with E-state index in [0.717, 1.165) is 25.9 Å². The number of nitrogens with one attached hydrogen (secondary N) is 2. The van der Waals surface area contributed by atoms with Gasteiger partial charge in [0.25, 0.3) is 5.91 Å². The summed E-state index contributed by atoms with van der Waals surface area (Å²) in [4.78, 5) is 14.9. The van der Waals surface area contributed by atoms with Gasteiger partial charge in [0.15, 0.2) is 0 Å². The lowest BCUT2D eigenvalue weighted by atomic mass is 10.0. The molecule has 0 aromatic heterocycles. The molecular formula is C18H27N3O3S. The van der Waals surface area contributed by atoms with Crippen molar-refractivity contribution in [3.05, 3.63) is 42.5 Å². The lowest BCUT2D eigenvalue weighted by Crippen LogP contribution is -2.46. The average molecular weight is 365 g/mol. The standard InChI is InChI=1S/C18H27N3O3S/c1-4-11-19-25(23,24)17-7-5-15(6-8-17)18(22)20-16-9-12-21(13-10-16)14(2)3/h4-8,14,16,19H,1,9-13H2,2-3H3,(H,20,22). The fourth-order valence-corrected chi connectivity index (χ4v) is 3.86. The van der Waals surface area contributed by atoms with Crippen LogP contribution in [0.25, 0.3) is 0 Å². The van der Waals surface area contributed by atoms with Crippen molar-refractivity contribution in [2.24, 2.45) is 0 Å². The van der Waals surface area contributed by atoms with Crippen LogP contribution in [0.5, 0.6) is 0 Å². The van der Waals surface area contributed by atoms with Crippen molar-refractivity contribution in [2.45, 2.75) is 43.7 Å². The van der Waals surface area contributed by atoms with E-state index in [-0.39, 0.29) is 23.4 Å². The Kier molecular flexibility index (Phi) is 6.75. The summed E-state index contributed by atoms with van der Waals surface area (Å²) in [6, 6.07) is 6.67. The molecule has 1 aromatic carbocycles. The van der Waals surface area contributed by atoms with Gasteiger partial charge in [-0.05, 0) is 51.0 Å². The molecule has 1 fully saturated rings. The Bertz CT molecular complexity index is 691. The molecule has 0 bridgehead atoms. The van der Waals surface area contributed by atoms with Gasteiger partial charge in [0, 0.05) is 37.3 Å². The molecule has 0 radical (unpaired) electrons. The van der Waals surface area contributed by atoms with E-state index in [0.29, 0.717) is 11.6 Å². The van der Waals surface area contributed by atoms with E-state index >= 15 is 0 Å². The van der Waals surface area contributed by atoms with Gasteiger partial charge in [0.05, 0.1) is 4.90 Å². The maximum atomic E-state index is 12.4. The second-order valence-electron chi connectivity index (χ2n) is 6.54. The van der Waals surface area contributed by atoms with Gasteiger partial charge in [0.1, 0.15) is 0 Å². The molecule has 0 unspecified atom stereocenters. The molecule has 0 aliphatic carbocycles. The summed E-state index contributed by atoms with van der Waals surface area (Å²) in [7, 11) is -3.56. The van der Waals surface area contributed by atoms with Crippen molar-refractivity contribution < 1.29 is 13.2 Å². The molecule has 1 aromatic rings. The summed E-state index contributed by atoms with van der Waals surface area (Å²) >= 11 is 0. The quantitative estimate of drug-likeness (QED) is 0.722. The minimum absolute atomic E-state index is 0.135. The van der Waals surface area contributed by atoms with E-state index < -0.39 is 10.0 Å². The minimum Gasteiger partial charge on any atom is -0.349 e. The number of carbonyl (C=O) groups excluding carboxylic acids is 1. The molecule has 1 aliphatic heterocycles. The van der Waals surface area contributed by atoms with Crippen LogP contribution in [0.2, 0.25) is 0 Å². The molecule has 1 amide bonds. The lowest BCUT2D eigenvalue weighted by Gasteiger charge is -2.34. The largest absolute Gasteiger partial charge is 0.349 e. The van der Waals surface area contributed by atoms with Crippen LogP contribution >= 0.6 is 0 Å². The van der Waals surface area contributed by atoms with Crippen molar-refractivity contribution in [1.82, 2.24) is 14.9 Å². The highest BCUT2D eigenvalue weighted by Crippen LogP contribution is 2.15. The lowest BCUT2D eigenvalue weighted by molar-refractivity contribution is 0.0900. The Morgan fingerprint density at radius 1 is 1.28 bits per heavy atom. The molecule has 25 heavy (non-hydrogen) atoms. The Hall–Kier alpha value is -1.70. The van der Waals surface area contributed by atoms with Gasteiger partial charge < -0.3 is 10.2 Å². The topological polar surface area (TPSA) is 78.5 Å². The van der Waals surface area contributed by atoms with Crippen molar-refractivity contribution in [3.63, 3.8) is 0 Å². The number of sulfonamides is 1. The molecular weight excluding hydrogens is 338 g/mol. The summed E-state index contributed by atoms with van der Waals surface area (Å²) in [5.41, 5.74) is 0.467. The van der Waals surface area contributed by atoms with Crippen LogP contribution in [0, 0.1) is 0 Å². The van der Waals surface area contributed by atoms with Gasteiger partial charge in [0.2, 0.25) is 10.0 Å². The normalized spacial score (nSPS) is 16.8. The Morgan fingerprint density at radius 2 is 1.88 bits per heavy atom. The SMILES string of the molecule is C=CCNS(=O)(=O)c1ccc(C(=O)NC2CCN(C(C)C)CC2)cc1. The molecule has 138 valence electrons. The van der Waals surface area contributed by atoms with E-state index in [2.05, 4.69) is 35.4 Å². The van der Waals surface area contributed by atoms with E-state index in [1.54, 1.807) is 12.1 Å². The van der Waals surface area contributed by atoms with Gasteiger partial charge in [-0.1, -0.05) is 6.08 Å². The number of benzene rings is 1. The third-order valence-corrected chi connectivity index (χ3v) is 5.88. The Labute approximate surface area is 150 Å². The monoisotopic (exact) mass is 365 g/mol. The first kappa shape index (κ1) is 19.6. The Morgan fingerprint density at radius 3 is 2.40 bits per heavy atom. The number of amides is 1. The second-order valence-corrected chi connectivity index (χ2v) is 8.31. The molecule has 6 nitrogen and oxygen atoms in total. The third-order valence-electron chi connectivity index (χ3n) is 4.44. The van der Waals surface area contributed by atoms with E-state index in [1.807, 2.05) is 0 Å². The predicted molar refractivity (Wildman–Crippen MR) is 99.0 cm³/mol. The third kappa shape index (κ3) is 5.39. The Balaban J connectivity index is 1.94. The maximum Gasteiger partial charge on any atom is 0.251 e. The molecule has 7 heteroatoms. The molecule has 2 N–H and O–H groups in total. The minimum atomic E-state index is -3.56. The zero-order valence-electron chi connectivity index (χ0n) is 14.9. The number of piperidine rings is 1. The van der Waals surface area contributed by atoms with Crippen molar-refractivity contribution in [1.29, 1.82) is 0 Å². The van der Waals surface area contributed by atoms with Crippen LogP contribution in [0.1, 0.15) is 37.0 Å². The number of carbonyl (C=O) groups is 1. The van der Waals surface area contributed by atoms with Crippen LogP contribution in [0.15, 0.2) is 41.8 Å². The highest BCUT2D eigenvalue weighted by Gasteiger charge is 2.22. The van der Waals surface area contributed by atoms with Crippen molar-refractivity contribution in [2.75, 3.05) is 19.6 Å². The van der Waals surface area contributed by atoms with Gasteiger partial charge >= 0.3 is 0 Å². The molecule has 0 saturated carbocycles. The van der Waals surface area contributed by atoms with Crippen LogP contribution in [0.3, 0.4) is 0 Å². The number of rotatable bonds is 7. The summed E-state index contributed by atoms with van der Waals surface area (Å²) < 4.78 is 26.4. The summed E-state index contributed by atoms with van der Waals surface area (Å²) in [5.74, 6) is -0.161. The zero-order chi connectivity index (χ0) is 18.4. The van der Waals surface area contributed by atoms with Crippen molar-refractivity contribution in [3.8, 4) is 0 Å². The van der Waals surface area contributed by atoms with E-state index in [4.69, 9.17) is 0 Å². The molecule has 0 atom stereocenters. The van der Waals surface area contributed by atoms with E-state index in [9.17, 15) is 13.2 Å². The van der Waals surface area contributed by atoms with Gasteiger partial charge in [-0.25, -0.2) is 13.1 Å². The number of nitrogens with zero attached hydrogens (tertiary/aromatic N) is 1. The second kappa shape index (κ2) is 8.60. The van der Waals surface area contributed by atoms with Gasteiger partial charge in [-0.2, -0.15) is 0 Å². The summed E-state index contributed by atoms with van der Waals surface area (Å²) in [5, 5.41) is 3.04. The van der Waals surface area contributed by atoms with Crippen LogP contribution < -0.4 is 10.0 Å². The summed E-state index contributed by atoms with van der Waals surface area (Å²) in [6.07, 6.45) is 3.34. The molecule has 0 spiro atoms. The predicted octanol–water partition coefficient (Wildman–Crippen LogP) is 1.75. The number of hydrogen-bond donors (Lipinski definition) is 2. The fraction of sp³-hybridized carbons (Fsp3) is 0.500. The number of likely N-dealkylation sites (tertiary alicyclic amines) is 1. The first-order chi connectivity index (χ1) is 11.8. The first-order valence-corrected chi connectivity index (χ1v) is 10.1. The van der Waals surface area contributed by atoms with Crippen LogP contribution in [-0.2, 0) is 10.0 Å².